The van der Waals surface area contributed by atoms with Crippen LogP contribution in [0.2, 0.25) is 5.02 Å². The van der Waals surface area contributed by atoms with Crippen LogP contribution in [-0.2, 0) is 9.59 Å². The van der Waals surface area contributed by atoms with Gasteiger partial charge in [-0.2, -0.15) is 0 Å². The second kappa shape index (κ2) is 10.5. The van der Waals surface area contributed by atoms with Crippen molar-refractivity contribution in [2.24, 2.45) is 0 Å². The van der Waals surface area contributed by atoms with Gasteiger partial charge in [-0.25, -0.2) is 0 Å². The van der Waals surface area contributed by atoms with Crippen LogP contribution < -0.4 is 10.6 Å². The highest BCUT2D eigenvalue weighted by Crippen LogP contribution is 2.20. The monoisotopic (exact) mass is 381 g/mol. The number of hydrogen-bond donors (Lipinski definition) is 3. The van der Waals surface area contributed by atoms with Gasteiger partial charge in [-0.05, 0) is 50.6 Å². The SMILES string of the molecule is Cc1ccc(Cl)cc1NC(=O)CC(=O)NCC(O)CN1CCCCCC1. The number of anilines is 1. The quantitative estimate of drug-likeness (QED) is 0.633. The molecular weight excluding hydrogens is 354 g/mol. The van der Waals surface area contributed by atoms with Gasteiger partial charge in [0.1, 0.15) is 6.42 Å². The van der Waals surface area contributed by atoms with Crippen molar-refractivity contribution in [3.8, 4) is 0 Å². The van der Waals surface area contributed by atoms with Crippen LogP contribution in [0, 0.1) is 6.92 Å². The number of hydrogen-bond acceptors (Lipinski definition) is 4. The van der Waals surface area contributed by atoms with E-state index in [2.05, 4.69) is 15.5 Å². The van der Waals surface area contributed by atoms with Crippen LogP contribution in [-0.4, -0.2) is 54.1 Å². The van der Waals surface area contributed by atoms with Gasteiger partial charge < -0.3 is 20.6 Å². The van der Waals surface area contributed by atoms with Crippen molar-refractivity contribution in [1.29, 1.82) is 0 Å². The minimum atomic E-state index is -0.629. The standard InChI is InChI=1S/C19H28ClN3O3/c1-14-6-7-15(20)10-17(14)22-19(26)11-18(25)21-12-16(24)13-23-8-4-2-3-5-9-23/h6-7,10,16,24H,2-5,8-9,11-13H2,1H3,(H,21,25)(H,22,26). The first-order valence-corrected chi connectivity index (χ1v) is 9.55. The van der Waals surface area contributed by atoms with Gasteiger partial charge in [-0.1, -0.05) is 30.5 Å². The van der Waals surface area contributed by atoms with E-state index in [-0.39, 0.29) is 13.0 Å². The largest absolute Gasteiger partial charge is 0.390 e. The van der Waals surface area contributed by atoms with Crippen LogP contribution in [0.3, 0.4) is 0 Å². The molecule has 1 atom stereocenters. The summed E-state index contributed by atoms with van der Waals surface area (Å²) in [5.74, 6) is -0.813. The molecule has 144 valence electrons. The third-order valence-corrected chi connectivity index (χ3v) is 4.73. The Bertz CT molecular complexity index is 616. The van der Waals surface area contributed by atoms with E-state index in [9.17, 15) is 14.7 Å². The number of nitrogens with zero attached hydrogens (tertiary/aromatic N) is 1. The van der Waals surface area contributed by atoms with Gasteiger partial charge >= 0.3 is 0 Å². The predicted octanol–water partition coefficient (Wildman–Crippen LogP) is 2.33. The van der Waals surface area contributed by atoms with Crippen molar-refractivity contribution in [2.75, 3.05) is 31.5 Å². The molecule has 0 aliphatic carbocycles. The molecule has 1 fully saturated rings. The second-order valence-corrected chi connectivity index (χ2v) is 7.29. The van der Waals surface area contributed by atoms with Crippen LogP contribution in [0.5, 0.6) is 0 Å². The number of β-amino-alcohol motifs (C(OH)–C–C–N with tert-alkyl or cyclic N) is 1. The van der Waals surface area contributed by atoms with E-state index in [1.165, 1.54) is 12.8 Å². The molecule has 2 amide bonds. The zero-order valence-corrected chi connectivity index (χ0v) is 16.0. The zero-order valence-electron chi connectivity index (χ0n) is 15.3. The summed E-state index contributed by atoms with van der Waals surface area (Å²) in [6.07, 6.45) is 3.87. The summed E-state index contributed by atoms with van der Waals surface area (Å²) in [5.41, 5.74) is 1.47. The molecule has 0 spiro atoms. The summed E-state index contributed by atoms with van der Waals surface area (Å²) in [4.78, 5) is 26.2. The Morgan fingerprint density at radius 2 is 1.88 bits per heavy atom. The lowest BCUT2D eigenvalue weighted by Gasteiger charge is -2.23. The molecule has 0 saturated carbocycles. The fraction of sp³-hybridized carbons (Fsp3) is 0.579. The molecule has 1 heterocycles. The van der Waals surface area contributed by atoms with Gasteiger partial charge in [0.25, 0.3) is 0 Å². The zero-order chi connectivity index (χ0) is 18.9. The number of benzene rings is 1. The smallest absolute Gasteiger partial charge is 0.233 e. The van der Waals surface area contributed by atoms with Gasteiger partial charge in [0.2, 0.25) is 11.8 Å². The van der Waals surface area contributed by atoms with E-state index in [0.29, 0.717) is 17.3 Å². The molecule has 26 heavy (non-hydrogen) atoms. The number of amides is 2. The molecule has 1 saturated heterocycles. The molecule has 1 aromatic rings. The summed E-state index contributed by atoms with van der Waals surface area (Å²) in [6, 6.07) is 5.19. The highest BCUT2D eigenvalue weighted by Gasteiger charge is 2.16. The first-order valence-electron chi connectivity index (χ1n) is 9.17. The summed E-state index contributed by atoms with van der Waals surface area (Å²) in [6.45, 7) is 4.54. The average Bonchev–Trinajstić information content (AvgIpc) is 2.85. The van der Waals surface area contributed by atoms with Gasteiger partial charge in [0.15, 0.2) is 0 Å². The number of aliphatic hydroxyl groups is 1. The van der Waals surface area contributed by atoms with Crippen LogP contribution in [0.1, 0.15) is 37.7 Å². The summed E-state index contributed by atoms with van der Waals surface area (Å²) >= 11 is 5.92. The molecule has 0 radical (unpaired) electrons. The summed E-state index contributed by atoms with van der Waals surface area (Å²) in [5, 5.41) is 15.9. The summed E-state index contributed by atoms with van der Waals surface area (Å²) in [7, 11) is 0. The first-order chi connectivity index (χ1) is 12.4. The lowest BCUT2D eigenvalue weighted by molar-refractivity contribution is -0.127. The van der Waals surface area contributed by atoms with Gasteiger partial charge in [0, 0.05) is 23.8 Å². The Morgan fingerprint density at radius 3 is 2.58 bits per heavy atom. The Balaban J connectivity index is 1.70. The van der Waals surface area contributed by atoms with Crippen LogP contribution in [0.25, 0.3) is 0 Å². The molecule has 7 heteroatoms. The predicted molar refractivity (Wildman–Crippen MR) is 103 cm³/mol. The molecule has 0 aromatic heterocycles. The maximum absolute atomic E-state index is 12.0. The lowest BCUT2D eigenvalue weighted by atomic mass is 10.2. The second-order valence-electron chi connectivity index (χ2n) is 6.86. The normalized spacial score (nSPS) is 16.6. The number of likely N-dealkylation sites (tertiary alicyclic amines) is 1. The molecule has 1 aliphatic rings. The molecule has 6 nitrogen and oxygen atoms in total. The third-order valence-electron chi connectivity index (χ3n) is 4.50. The van der Waals surface area contributed by atoms with Crippen LogP contribution in [0.15, 0.2) is 18.2 Å². The molecular formula is C19H28ClN3O3. The number of halogens is 1. The van der Waals surface area contributed by atoms with Crippen molar-refractivity contribution in [2.45, 2.75) is 45.1 Å². The van der Waals surface area contributed by atoms with E-state index in [4.69, 9.17) is 11.6 Å². The van der Waals surface area contributed by atoms with Gasteiger partial charge in [-0.3, -0.25) is 9.59 Å². The Kier molecular flexibility index (Phi) is 8.35. The van der Waals surface area contributed by atoms with E-state index in [1.54, 1.807) is 18.2 Å². The maximum atomic E-state index is 12.0. The number of carbonyl (C=O) groups is 2. The number of aliphatic hydroxyl groups excluding tert-OH is 1. The minimum absolute atomic E-state index is 0.152. The van der Waals surface area contributed by atoms with Crippen molar-refractivity contribution < 1.29 is 14.7 Å². The van der Waals surface area contributed by atoms with Crippen LogP contribution >= 0.6 is 11.6 Å². The van der Waals surface area contributed by atoms with Crippen molar-refractivity contribution in [3.05, 3.63) is 28.8 Å². The highest BCUT2D eigenvalue weighted by atomic mass is 35.5. The fourth-order valence-corrected chi connectivity index (χ4v) is 3.22. The summed E-state index contributed by atoms with van der Waals surface area (Å²) < 4.78 is 0. The Hall–Kier alpha value is -1.63. The van der Waals surface area contributed by atoms with Crippen molar-refractivity contribution in [3.63, 3.8) is 0 Å². The number of aryl methyl sites for hydroxylation is 1. The van der Waals surface area contributed by atoms with Gasteiger partial charge in [0.05, 0.1) is 6.10 Å². The van der Waals surface area contributed by atoms with Crippen molar-refractivity contribution >= 4 is 29.1 Å². The van der Waals surface area contributed by atoms with E-state index < -0.39 is 17.9 Å². The minimum Gasteiger partial charge on any atom is -0.390 e. The van der Waals surface area contributed by atoms with E-state index in [0.717, 1.165) is 31.5 Å². The van der Waals surface area contributed by atoms with Crippen LogP contribution in [0.4, 0.5) is 5.69 Å². The lowest BCUT2D eigenvalue weighted by Crippen LogP contribution is -2.41. The highest BCUT2D eigenvalue weighted by molar-refractivity contribution is 6.31. The number of carbonyl (C=O) groups excluding carboxylic acids is 2. The average molecular weight is 382 g/mol. The first kappa shape index (κ1) is 20.7. The van der Waals surface area contributed by atoms with E-state index in [1.807, 2.05) is 6.92 Å². The molecule has 1 aromatic carbocycles. The Labute approximate surface area is 159 Å². The third kappa shape index (κ3) is 7.32. The molecule has 0 bridgehead atoms. The topological polar surface area (TPSA) is 81.7 Å². The molecule has 3 N–H and O–H groups in total. The molecule has 1 unspecified atom stereocenters. The molecule has 1 aliphatic heterocycles. The maximum Gasteiger partial charge on any atom is 0.233 e. The van der Waals surface area contributed by atoms with Crippen molar-refractivity contribution in [1.82, 2.24) is 10.2 Å². The number of nitrogens with one attached hydrogen (secondary N) is 2. The van der Waals surface area contributed by atoms with Gasteiger partial charge in [-0.15, -0.1) is 0 Å². The molecule has 2 rings (SSSR count). The number of rotatable bonds is 7. The Morgan fingerprint density at radius 1 is 1.19 bits per heavy atom. The fourth-order valence-electron chi connectivity index (χ4n) is 3.04. The van der Waals surface area contributed by atoms with E-state index >= 15 is 0 Å².